The summed E-state index contributed by atoms with van der Waals surface area (Å²) in [5, 5.41) is 14.3. The molecular formula is C14H23N5O2. The Hall–Kier alpha value is -1.92. The maximum Gasteiger partial charge on any atom is 0.329 e. The molecule has 1 fully saturated rings. The summed E-state index contributed by atoms with van der Waals surface area (Å²) in [7, 11) is 0. The molecule has 0 aromatic carbocycles. The van der Waals surface area contributed by atoms with E-state index in [0.29, 0.717) is 17.7 Å². The molecule has 2 rings (SSSR count). The van der Waals surface area contributed by atoms with Gasteiger partial charge in [0.05, 0.1) is 4.92 Å². The molecule has 1 aliphatic rings. The Labute approximate surface area is 124 Å². The maximum atomic E-state index is 11.2. The van der Waals surface area contributed by atoms with Crippen LogP contribution in [0.15, 0.2) is 6.20 Å². The third-order valence-electron chi connectivity index (χ3n) is 3.76. The number of nitrogens with one attached hydrogen (secondary N) is 1. The van der Waals surface area contributed by atoms with Gasteiger partial charge in [-0.3, -0.25) is 10.1 Å². The quantitative estimate of drug-likeness (QED) is 0.614. The Morgan fingerprint density at radius 2 is 2.29 bits per heavy atom. The molecule has 1 unspecified atom stereocenters. The van der Waals surface area contributed by atoms with Gasteiger partial charge in [0.2, 0.25) is 11.8 Å². The van der Waals surface area contributed by atoms with Crippen molar-refractivity contribution in [1.29, 1.82) is 0 Å². The molecule has 7 heteroatoms. The van der Waals surface area contributed by atoms with E-state index in [1.54, 1.807) is 0 Å². The highest BCUT2D eigenvalue weighted by Gasteiger charge is 2.29. The molecule has 0 amide bonds. The molecule has 1 aromatic heterocycles. The van der Waals surface area contributed by atoms with Crippen LogP contribution >= 0.6 is 0 Å². The molecule has 0 bridgehead atoms. The second-order valence-corrected chi connectivity index (χ2v) is 5.48. The van der Waals surface area contributed by atoms with Gasteiger partial charge in [-0.1, -0.05) is 20.3 Å². The van der Waals surface area contributed by atoms with Crippen molar-refractivity contribution in [1.82, 2.24) is 9.97 Å². The molecule has 1 saturated heterocycles. The summed E-state index contributed by atoms with van der Waals surface area (Å²) in [5.74, 6) is 1.53. The lowest BCUT2D eigenvalue weighted by Crippen LogP contribution is -2.23. The van der Waals surface area contributed by atoms with E-state index in [0.717, 1.165) is 45.3 Å². The second-order valence-electron chi connectivity index (χ2n) is 5.48. The van der Waals surface area contributed by atoms with Gasteiger partial charge in [-0.2, -0.15) is 4.98 Å². The SMILES string of the molecule is CCCNc1ncc([N+](=O)[O-])c(N2CCC(CCC)C2)n1. The van der Waals surface area contributed by atoms with Crippen molar-refractivity contribution in [3.63, 3.8) is 0 Å². The largest absolute Gasteiger partial charge is 0.354 e. The molecule has 0 spiro atoms. The van der Waals surface area contributed by atoms with Crippen molar-refractivity contribution in [3.8, 4) is 0 Å². The van der Waals surface area contributed by atoms with E-state index in [9.17, 15) is 10.1 Å². The van der Waals surface area contributed by atoms with E-state index < -0.39 is 4.92 Å². The van der Waals surface area contributed by atoms with Gasteiger partial charge in [-0.05, 0) is 25.2 Å². The first-order chi connectivity index (χ1) is 10.2. The van der Waals surface area contributed by atoms with Crippen LogP contribution in [-0.2, 0) is 0 Å². The smallest absolute Gasteiger partial charge is 0.329 e. The van der Waals surface area contributed by atoms with Gasteiger partial charge in [0, 0.05) is 19.6 Å². The molecule has 21 heavy (non-hydrogen) atoms. The lowest BCUT2D eigenvalue weighted by molar-refractivity contribution is -0.384. The minimum absolute atomic E-state index is 0.00537. The van der Waals surface area contributed by atoms with Crippen molar-refractivity contribution in [2.45, 2.75) is 39.5 Å². The first-order valence-corrected chi connectivity index (χ1v) is 7.66. The molecule has 7 nitrogen and oxygen atoms in total. The first kappa shape index (κ1) is 15.5. The molecule has 2 heterocycles. The van der Waals surface area contributed by atoms with Crippen LogP contribution in [0.2, 0.25) is 0 Å². The zero-order valence-corrected chi connectivity index (χ0v) is 12.7. The van der Waals surface area contributed by atoms with Crippen molar-refractivity contribution in [2.24, 2.45) is 5.92 Å². The number of aromatic nitrogens is 2. The van der Waals surface area contributed by atoms with E-state index in [2.05, 4.69) is 29.1 Å². The lowest BCUT2D eigenvalue weighted by Gasteiger charge is -2.18. The molecule has 1 atom stereocenters. The van der Waals surface area contributed by atoms with Gasteiger partial charge in [0.1, 0.15) is 6.20 Å². The zero-order chi connectivity index (χ0) is 15.2. The van der Waals surface area contributed by atoms with Crippen LogP contribution in [0.3, 0.4) is 0 Å². The molecule has 0 aliphatic carbocycles. The van der Waals surface area contributed by atoms with Gasteiger partial charge in [-0.15, -0.1) is 0 Å². The molecule has 0 radical (unpaired) electrons. The first-order valence-electron chi connectivity index (χ1n) is 7.66. The van der Waals surface area contributed by atoms with E-state index >= 15 is 0 Å². The van der Waals surface area contributed by atoms with Crippen LogP contribution in [-0.4, -0.2) is 34.5 Å². The molecule has 0 saturated carbocycles. The molecule has 1 aromatic rings. The summed E-state index contributed by atoms with van der Waals surface area (Å²) in [6.45, 7) is 6.65. The van der Waals surface area contributed by atoms with E-state index in [1.807, 2.05) is 4.90 Å². The number of hydrogen-bond acceptors (Lipinski definition) is 6. The van der Waals surface area contributed by atoms with Crippen molar-refractivity contribution >= 4 is 17.5 Å². The van der Waals surface area contributed by atoms with E-state index in [1.165, 1.54) is 6.20 Å². The molecule has 1 aliphatic heterocycles. The van der Waals surface area contributed by atoms with Gasteiger partial charge < -0.3 is 10.2 Å². The number of anilines is 2. The molecule has 116 valence electrons. The standard InChI is InChI=1S/C14H23N5O2/c1-3-5-11-6-8-18(10-11)13-12(19(20)21)9-16-14(17-13)15-7-4-2/h9,11H,3-8,10H2,1-2H3,(H,15,16,17). The highest BCUT2D eigenvalue weighted by atomic mass is 16.6. The van der Waals surface area contributed by atoms with Gasteiger partial charge in [-0.25, -0.2) is 4.98 Å². The predicted octanol–water partition coefficient (Wildman–Crippen LogP) is 2.83. The second kappa shape index (κ2) is 7.19. The van der Waals surface area contributed by atoms with Crippen LogP contribution in [0, 0.1) is 16.0 Å². The summed E-state index contributed by atoms with van der Waals surface area (Å²) in [6.07, 6.45) is 5.65. The molecular weight excluding hydrogens is 270 g/mol. The fourth-order valence-corrected chi connectivity index (χ4v) is 2.72. The summed E-state index contributed by atoms with van der Waals surface area (Å²) < 4.78 is 0. The third kappa shape index (κ3) is 3.80. The maximum absolute atomic E-state index is 11.2. The van der Waals surface area contributed by atoms with Crippen LogP contribution < -0.4 is 10.2 Å². The fraction of sp³-hybridized carbons (Fsp3) is 0.714. The summed E-state index contributed by atoms with van der Waals surface area (Å²) in [4.78, 5) is 21.2. The lowest BCUT2D eigenvalue weighted by atomic mass is 10.0. The van der Waals surface area contributed by atoms with E-state index in [-0.39, 0.29) is 5.69 Å². The highest BCUT2D eigenvalue weighted by Crippen LogP contribution is 2.31. The number of rotatable bonds is 7. The number of nitrogens with zero attached hydrogens (tertiary/aromatic N) is 4. The minimum atomic E-state index is -0.397. The van der Waals surface area contributed by atoms with Crippen LogP contribution in [0.25, 0.3) is 0 Å². The Morgan fingerprint density at radius 1 is 1.48 bits per heavy atom. The van der Waals surface area contributed by atoms with Crippen LogP contribution in [0.1, 0.15) is 39.5 Å². The zero-order valence-electron chi connectivity index (χ0n) is 12.7. The Bertz CT molecular complexity index is 494. The monoisotopic (exact) mass is 293 g/mol. The Morgan fingerprint density at radius 3 is 2.95 bits per heavy atom. The van der Waals surface area contributed by atoms with Gasteiger partial charge in [0.25, 0.3) is 0 Å². The fourth-order valence-electron chi connectivity index (χ4n) is 2.72. The summed E-state index contributed by atoms with van der Waals surface area (Å²) >= 11 is 0. The Kier molecular flexibility index (Phi) is 5.30. The van der Waals surface area contributed by atoms with Crippen molar-refractivity contribution < 1.29 is 4.92 Å². The van der Waals surface area contributed by atoms with Gasteiger partial charge in [0.15, 0.2) is 0 Å². The normalized spacial score (nSPS) is 18.0. The highest BCUT2D eigenvalue weighted by molar-refractivity contribution is 5.59. The van der Waals surface area contributed by atoms with Gasteiger partial charge >= 0.3 is 5.69 Å². The average molecular weight is 293 g/mol. The Balaban J connectivity index is 2.20. The number of hydrogen-bond donors (Lipinski definition) is 1. The van der Waals surface area contributed by atoms with Crippen LogP contribution in [0.4, 0.5) is 17.5 Å². The minimum Gasteiger partial charge on any atom is -0.354 e. The van der Waals surface area contributed by atoms with Crippen LogP contribution in [0.5, 0.6) is 0 Å². The third-order valence-corrected chi connectivity index (χ3v) is 3.76. The molecule has 1 N–H and O–H groups in total. The number of nitro groups is 1. The van der Waals surface area contributed by atoms with E-state index in [4.69, 9.17) is 0 Å². The van der Waals surface area contributed by atoms with Crippen molar-refractivity contribution in [3.05, 3.63) is 16.3 Å². The average Bonchev–Trinajstić information content (AvgIpc) is 2.93. The summed E-state index contributed by atoms with van der Waals surface area (Å²) in [6, 6.07) is 0. The predicted molar refractivity (Wildman–Crippen MR) is 82.7 cm³/mol. The topological polar surface area (TPSA) is 84.2 Å². The van der Waals surface area contributed by atoms with Crippen molar-refractivity contribution in [2.75, 3.05) is 29.9 Å². The summed E-state index contributed by atoms with van der Waals surface area (Å²) in [5.41, 5.74) is -0.00537.